The van der Waals surface area contributed by atoms with Crippen LogP contribution in [0.15, 0.2) is 24.3 Å². The Hall–Kier alpha value is -1.12. The fourth-order valence-corrected chi connectivity index (χ4v) is 2.33. The van der Waals surface area contributed by atoms with Crippen LogP contribution in [0, 0.1) is 0 Å². The molecule has 0 bridgehead atoms. The minimum absolute atomic E-state index is 0.167. The van der Waals surface area contributed by atoms with E-state index in [2.05, 4.69) is 4.18 Å². The van der Waals surface area contributed by atoms with Crippen molar-refractivity contribution in [3.63, 3.8) is 0 Å². The van der Waals surface area contributed by atoms with Crippen molar-refractivity contribution in [2.24, 2.45) is 0 Å². The summed E-state index contributed by atoms with van der Waals surface area (Å²) in [5.74, 6) is -0.274. The van der Waals surface area contributed by atoms with Crippen molar-refractivity contribution in [1.82, 2.24) is 0 Å². The summed E-state index contributed by atoms with van der Waals surface area (Å²) in [6.07, 6.45) is 1.49. The highest BCUT2D eigenvalue weighted by Crippen LogP contribution is 2.16. The average molecular weight is 293 g/mol. The lowest BCUT2D eigenvalue weighted by atomic mass is 10.1. The molecule has 6 nitrogen and oxygen atoms in total. The second kappa shape index (κ2) is 5.68. The number of rotatable bonds is 6. The molecule has 0 amide bonds. The van der Waals surface area contributed by atoms with Crippen molar-refractivity contribution in [3.05, 3.63) is 29.8 Å². The summed E-state index contributed by atoms with van der Waals surface area (Å²) in [5.41, 5.74) is 0.708. The number of aryl methyl sites for hydroxylation is 1. The molecular formula is C10H13O6S2-. The Morgan fingerprint density at radius 1 is 1.22 bits per heavy atom. The summed E-state index contributed by atoms with van der Waals surface area (Å²) in [4.78, 5) is 0. The molecule has 1 aromatic carbocycles. The van der Waals surface area contributed by atoms with E-state index in [1.165, 1.54) is 12.1 Å². The van der Waals surface area contributed by atoms with Crippen LogP contribution in [-0.4, -0.2) is 33.4 Å². The molecule has 0 N–H and O–H groups in total. The lowest BCUT2D eigenvalue weighted by molar-refractivity contribution is 0.461. The largest absolute Gasteiger partial charge is 0.748 e. The lowest BCUT2D eigenvalue weighted by Gasteiger charge is -2.07. The van der Waals surface area contributed by atoms with Crippen molar-refractivity contribution in [2.75, 3.05) is 12.0 Å². The van der Waals surface area contributed by atoms with Crippen LogP contribution in [0.2, 0.25) is 0 Å². The molecule has 0 unspecified atom stereocenters. The molecule has 18 heavy (non-hydrogen) atoms. The van der Waals surface area contributed by atoms with E-state index in [-0.39, 0.29) is 12.2 Å². The number of hydrogen-bond donors (Lipinski definition) is 0. The quantitative estimate of drug-likeness (QED) is 0.559. The van der Waals surface area contributed by atoms with Gasteiger partial charge in [0.05, 0.1) is 16.4 Å². The van der Waals surface area contributed by atoms with Gasteiger partial charge in [-0.2, -0.15) is 8.42 Å². The predicted octanol–water partition coefficient (Wildman–Crippen LogP) is 0.503. The molecule has 0 heterocycles. The zero-order valence-electron chi connectivity index (χ0n) is 9.70. The van der Waals surface area contributed by atoms with Gasteiger partial charge < -0.3 is 8.74 Å². The highest BCUT2D eigenvalue weighted by atomic mass is 32.2. The Morgan fingerprint density at radius 3 is 2.44 bits per heavy atom. The van der Waals surface area contributed by atoms with Gasteiger partial charge in [-0.1, -0.05) is 12.1 Å². The Balaban J connectivity index is 2.66. The smallest absolute Gasteiger partial charge is 0.306 e. The molecule has 1 aromatic rings. The van der Waals surface area contributed by atoms with Crippen molar-refractivity contribution < 1.29 is 25.6 Å². The molecule has 1 rings (SSSR count). The third kappa shape index (κ3) is 6.58. The van der Waals surface area contributed by atoms with Crippen molar-refractivity contribution in [2.45, 2.75) is 12.8 Å². The van der Waals surface area contributed by atoms with Gasteiger partial charge in [-0.25, -0.2) is 8.42 Å². The normalized spacial score (nSPS) is 12.3. The van der Waals surface area contributed by atoms with Gasteiger partial charge in [-0.05, 0) is 30.5 Å². The second-order valence-corrected chi connectivity index (χ2v) is 6.90. The maximum Gasteiger partial charge on any atom is 0.306 e. The van der Waals surface area contributed by atoms with Crippen LogP contribution in [0.25, 0.3) is 0 Å². The van der Waals surface area contributed by atoms with Gasteiger partial charge in [0.1, 0.15) is 5.75 Å². The molecule has 0 saturated carbocycles. The first-order valence-corrected chi connectivity index (χ1v) is 8.47. The standard InChI is InChI=1S/C10H14O6S2/c1-17(11,12)16-10-6-2-4-9(8-10)5-3-7-18(13,14)15/h2,4,6,8H,3,5,7H2,1H3,(H,13,14,15)/p-1. The third-order valence-corrected chi connectivity index (χ3v) is 3.29. The van der Waals surface area contributed by atoms with Crippen LogP contribution in [0.3, 0.4) is 0 Å². The van der Waals surface area contributed by atoms with E-state index in [1.54, 1.807) is 12.1 Å². The minimum atomic E-state index is -4.21. The zero-order valence-corrected chi connectivity index (χ0v) is 11.3. The molecule has 0 aliphatic heterocycles. The number of hydrogen-bond acceptors (Lipinski definition) is 6. The fourth-order valence-electron chi connectivity index (χ4n) is 1.38. The minimum Gasteiger partial charge on any atom is -0.748 e. The van der Waals surface area contributed by atoms with Crippen molar-refractivity contribution >= 4 is 20.2 Å². The van der Waals surface area contributed by atoms with Crippen LogP contribution in [-0.2, 0) is 26.7 Å². The van der Waals surface area contributed by atoms with Crippen molar-refractivity contribution in [3.8, 4) is 5.75 Å². The van der Waals surface area contributed by atoms with Crippen LogP contribution in [0.4, 0.5) is 0 Å². The second-order valence-electron chi connectivity index (χ2n) is 3.80. The summed E-state index contributed by atoms with van der Waals surface area (Å²) in [6, 6.07) is 6.28. The molecule has 0 atom stereocenters. The SMILES string of the molecule is CS(=O)(=O)Oc1cccc(CCCS(=O)(=O)[O-])c1. The highest BCUT2D eigenvalue weighted by molar-refractivity contribution is 7.86. The summed E-state index contributed by atoms with van der Waals surface area (Å²) < 4.78 is 57.8. The fraction of sp³-hybridized carbons (Fsp3) is 0.400. The van der Waals surface area contributed by atoms with E-state index in [4.69, 9.17) is 0 Å². The van der Waals surface area contributed by atoms with Gasteiger partial charge in [0.2, 0.25) is 0 Å². The first-order chi connectivity index (χ1) is 8.16. The van der Waals surface area contributed by atoms with E-state index >= 15 is 0 Å². The first-order valence-electron chi connectivity index (χ1n) is 5.08. The van der Waals surface area contributed by atoms with Crippen LogP contribution in [0.5, 0.6) is 5.75 Å². The summed E-state index contributed by atoms with van der Waals surface area (Å²) in [5, 5.41) is 0. The Kier molecular flexibility index (Phi) is 4.71. The summed E-state index contributed by atoms with van der Waals surface area (Å²) in [7, 11) is -7.79. The Labute approximate surface area is 106 Å². The maximum absolute atomic E-state index is 10.9. The first kappa shape index (κ1) is 14.9. The molecule has 0 spiro atoms. The zero-order chi connectivity index (χ0) is 13.8. The molecule has 0 aromatic heterocycles. The van der Waals surface area contributed by atoms with Crippen LogP contribution >= 0.6 is 0 Å². The average Bonchev–Trinajstić information content (AvgIpc) is 2.13. The predicted molar refractivity (Wildman–Crippen MR) is 64.8 cm³/mol. The van der Waals surface area contributed by atoms with Gasteiger partial charge in [-0.3, -0.25) is 0 Å². The van der Waals surface area contributed by atoms with Crippen molar-refractivity contribution in [1.29, 1.82) is 0 Å². The van der Waals surface area contributed by atoms with E-state index in [0.29, 0.717) is 12.0 Å². The molecule has 0 fully saturated rings. The van der Waals surface area contributed by atoms with E-state index in [9.17, 15) is 21.4 Å². The molecule has 8 heteroatoms. The molecule has 0 saturated heterocycles. The van der Waals surface area contributed by atoms with Crippen LogP contribution in [0.1, 0.15) is 12.0 Å². The van der Waals surface area contributed by atoms with E-state index in [1.807, 2.05) is 0 Å². The van der Waals surface area contributed by atoms with Crippen LogP contribution < -0.4 is 4.18 Å². The van der Waals surface area contributed by atoms with E-state index < -0.39 is 26.0 Å². The molecule has 0 aliphatic carbocycles. The lowest BCUT2D eigenvalue weighted by Crippen LogP contribution is -2.07. The summed E-state index contributed by atoms with van der Waals surface area (Å²) >= 11 is 0. The number of benzene rings is 1. The van der Waals surface area contributed by atoms with Gasteiger partial charge in [0, 0.05) is 5.75 Å². The van der Waals surface area contributed by atoms with Gasteiger partial charge >= 0.3 is 10.1 Å². The van der Waals surface area contributed by atoms with Gasteiger partial charge in [0.25, 0.3) is 0 Å². The highest BCUT2D eigenvalue weighted by Gasteiger charge is 2.05. The topological polar surface area (TPSA) is 101 Å². The molecule has 0 radical (unpaired) electrons. The molecule has 102 valence electrons. The van der Waals surface area contributed by atoms with E-state index in [0.717, 1.165) is 6.26 Å². The molecule has 0 aliphatic rings. The van der Waals surface area contributed by atoms with Gasteiger partial charge in [-0.15, -0.1) is 0 Å². The Morgan fingerprint density at radius 2 is 1.89 bits per heavy atom. The van der Waals surface area contributed by atoms with Gasteiger partial charge in [0.15, 0.2) is 0 Å². The molecular weight excluding hydrogens is 280 g/mol. The maximum atomic E-state index is 10.9. The summed E-state index contributed by atoms with van der Waals surface area (Å²) in [6.45, 7) is 0. The monoisotopic (exact) mass is 293 g/mol. The Bertz CT molecular complexity index is 603. The third-order valence-electron chi connectivity index (χ3n) is 2.01.